The van der Waals surface area contributed by atoms with Crippen LogP contribution in [0.1, 0.15) is 68.1 Å². The highest BCUT2D eigenvalue weighted by Crippen LogP contribution is 2.50. The van der Waals surface area contributed by atoms with E-state index in [4.69, 9.17) is 9.47 Å². The van der Waals surface area contributed by atoms with Crippen molar-refractivity contribution in [3.8, 4) is 11.5 Å². The maximum atomic E-state index is 13.3. The third-order valence-corrected chi connectivity index (χ3v) is 8.51. The summed E-state index contributed by atoms with van der Waals surface area (Å²) in [5, 5.41) is 2.92. The second kappa shape index (κ2) is 11.6. The van der Waals surface area contributed by atoms with Gasteiger partial charge in [-0.1, -0.05) is 12.1 Å². The molecule has 0 unspecified atom stereocenters. The molecule has 0 radical (unpaired) electrons. The number of allylic oxidation sites excluding steroid dienone is 4. The van der Waals surface area contributed by atoms with Crippen LogP contribution in [-0.4, -0.2) is 42.6 Å². The molecule has 1 aliphatic heterocycles. The van der Waals surface area contributed by atoms with Crippen LogP contribution in [0.2, 0.25) is 0 Å². The highest BCUT2D eigenvalue weighted by Gasteiger charge is 2.42. The van der Waals surface area contributed by atoms with E-state index in [9.17, 15) is 14.4 Å². The first kappa shape index (κ1) is 28.1. The summed E-state index contributed by atoms with van der Waals surface area (Å²) in [7, 11) is 1.99. The zero-order valence-electron chi connectivity index (χ0n) is 23.5. The van der Waals surface area contributed by atoms with E-state index in [2.05, 4.69) is 26.1 Å². The van der Waals surface area contributed by atoms with Crippen molar-refractivity contribution >= 4 is 39.1 Å². The van der Waals surface area contributed by atoms with Crippen LogP contribution < -0.4 is 14.8 Å². The minimum atomic E-state index is -0.445. The van der Waals surface area contributed by atoms with Crippen molar-refractivity contribution in [2.45, 2.75) is 65.2 Å². The first-order valence-electron chi connectivity index (χ1n) is 13.9. The number of Topliss-reactive ketones (excluding diaryl/α,β-unsaturated/α-hetero) is 2. The molecule has 2 aliphatic carbocycles. The van der Waals surface area contributed by atoms with Gasteiger partial charge in [0.2, 0.25) is 0 Å². The summed E-state index contributed by atoms with van der Waals surface area (Å²) < 4.78 is 12.6. The standard InChI is InChI=1S/C32H35BrN2O5/c1-5-39-27-16-20(15-21(33)32(27)40-17-28(38)34-22-14-18(2)12-13-19(22)3)29-30-23(8-6-10-25(30)36)35(4)24-9-7-11-26(37)31(24)29/h12-16,29H,5-11,17H2,1-4H3,(H,34,38). The molecule has 0 spiro atoms. The topological polar surface area (TPSA) is 84.9 Å². The van der Waals surface area contributed by atoms with Crippen LogP contribution in [0.4, 0.5) is 5.69 Å². The number of nitrogens with zero attached hydrogens (tertiary/aromatic N) is 1. The van der Waals surface area contributed by atoms with Crippen LogP contribution in [0.25, 0.3) is 0 Å². The number of benzene rings is 2. The van der Waals surface area contributed by atoms with E-state index in [0.29, 0.717) is 35.4 Å². The van der Waals surface area contributed by atoms with Crippen LogP contribution in [0, 0.1) is 13.8 Å². The number of nitrogens with one attached hydrogen (secondary N) is 1. The Kier molecular flexibility index (Phi) is 8.17. The van der Waals surface area contributed by atoms with Gasteiger partial charge in [-0.15, -0.1) is 0 Å². The van der Waals surface area contributed by atoms with Gasteiger partial charge in [0.1, 0.15) is 0 Å². The molecule has 0 saturated carbocycles. The van der Waals surface area contributed by atoms with Gasteiger partial charge in [-0.25, -0.2) is 0 Å². The summed E-state index contributed by atoms with van der Waals surface area (Å²) in [4.78, 5) is 41.6. The average Bonchev–Trinajstić information content (AvgIpc) is 2.91. The lowest BCUT2D eigenvalue weighted by Crippen LogP contribution is -2.37. The number of anilines is 1. The minimum Gasteiger partial charge on any atom is -0.490 e. The fourth-order valence-corrected chi connectivity index (χ4v) is 6.61. The number of aryl methyl sites for hydroxylation is 2. The summed E-state index contributed by atoms with van der Waals surface area (Å²) in [5.74, 6) is 0.330. The molecule has 2 aromatic rings. The van der Waals surface area contributed by atoms with Gasteiger partial charge in [0, 0.05) is 54.0 Å². The Hall–Kier alpha value is -3.39. The number of carbonyl (C=O) groups excluding carboxylic acids is 3. The van der Waals surface area contributed by atoms with Gasteiger partial charge < -0.3 is 19.7 Å². The Labute approximate surface area is 243 Å². The summed E-state index contributed by atoms with van der Waals surface area (Å²) in [6.45, 7) is 5.97. The number of amides is 1. The monoisotopic (exact) mass is 606 g/mol. The Balaban J connectivity index is 1.49. The van der Waals surface area contributed by atoms with Gasteiger partial charge in [0.05, 0.1) is 11.1 Å². The lowest BCUT2D eigenvalue weighted by molar-refractivity contribution is -0.118. The maximum Gasteiger partial charge on any atom is 0.262 e. The summed E-state index contributed by atoms with van der Waals surface area (Å²) in [6.07, 6.45) is 4.23. The van der Waals surface area contributed by atoms with Crippen molar-refractivity contribution in [2.75, 3.05) is 25.6 Å². The first-order chi connectivity index (χ1) is 19.2. The zero-order chi connectivity index (χ0) is 28.6. The molecule has 1 heterocycles. The summed E-state index contributed by atoms with van der Waals surface area (Å²) in [5.41, 5.74) is 7.06. The zero-order valence-corrected chi connectivity index (χ0v) is 25.1. The lowest BCUT2D eigenvalue weighted by atomic mass is 9.71. The Morgan fingerprint density at radius 1 is 0.975 bits per heavy atom. The number of ether oxygens (including phenoxy) is 2. The molecule has 7 nitrogen and oxygen atoms in total. The van der Waals surface area contributed by atoms with E-state index in [1.165, 1.54) is 0 Å². The number of carbonyl (C=O) groups is 3. The quantitative estimate of drug-likeness (QED) is 0.386. The number of ketones is 2. The number of hydrogen-bond donors (Lipinski definition) is 1. The molecule has 8 heteroatoms. The molecule has 1 N–H and O–H groups in total. The van der Waals surface area contributed by atoms with Crippen LogP contribution in [0.3, 0.4) is 0 Å². The number of rotatable bonds is 7. The molecule has 3 aliphatic rings. The van der Waals surface area contributed by atoms with E-state index >= 15 is 0 Å². The fraction of sp³-hybridized carbons (Fsp3) is 0.406. The van der Waals surface area contributed by atoms with E-state index in [0.717, 1.165) is 70.6 Å². The smallest absolute Gasteiger partial charge is 0.262 e. The van der Waals surface area contributed by atoms with Crippen LogP contribution in [0.15, 0.2) is 57.3 Å². The summed E-state index contributed by atoms with van der Waals surface area (Å²) >= 11 is 3.64. The van der Waals surface area contributed by atoms with Crippen LogP contribution >= 0.6 is 15.9 Å². The lowest BCUT2D eigenvalue weighted by Gasteiger charge is -2.42. The average molecular weight is 608 g/mol. The number of halogens is 1. The van der Waals surface area contributed by atoms with Crippen molar-refractivity contribution in [1.82, 2.24) is 4.90 Å². The van der Waals surface area contributed by atoms with Crippen molar-refractivity contribution in [2.24, 2.45) is 0 Å². The molecule has 40 heavy (non-hydrogen) atoms. The highest BCUT2D eigenvalue weighted by atomic mass is 79.9. The van der Waals surface area contributed by atoms with E-state index in [-0.39, 0.29) is 24.1 Å². The molecule has 0 aromatic heterocycles. The van der Waals surface area contributed by atoms with E-state index in [1.54, 1.807) is 0 Å². The van der Waals surface area contributed by atoms with Gasteiger partial charge in [-0.3, -0.25) is 14.4 Å². The Bertz CT molecular complexity index is 1410. The van der Waals surface area contributed by atoms with E-state index < -0.39 is 5.92 Å². The van der Waals surface area contributed by atoms with Gasteiger partial charge in [-0.2, -0.15) is 0 Å². The Morgan fingerprint density at radius 2 is 1.62 bits per heavy atom. The second-order valence-corrected chi connectivity index (χ2v) is 11.5. The van der Waals surface area contributed by atoms with E-state index in [1.807, 2.05) is 58.2 Å². The Morgan fingerprint density at radius 3 is 2.25 bits per heavy atom. The largest absolute Gasteiger partial charge is 0.490 e. The third-order valence-electron chi connectivity index (χ3n) is 7.92. The van der Waals surface area contributed by atoms with Gasteiger partial charge in [0.25, 0.3) is 5.91 Å². The second-order valence-electron chi connectivity index (χ2n) is 10.7. The minimum absolute atomic E-state index is 0.0977. The van der Waals surface area contributed by atoms with Crippen molar-refractivity contribution in [3.05, 3.63) is 74.0 Å². The molecule has 2 aromatic carbocycles. The molecule has 0 saturated heterocycles. The van der Waals surface area contributed by atoms with Crippen molar-refractivity contribution in [1.29, 1.82) is 0 Å². The SMILES string of the molecule is CCOc1cc(C2C3=C(CCCC3=O)N(C)C3=C2C(=O)CCC3)cc(Br)c1OCC(=O)Nc1cc(C)ccc1C. The van der Waals surface area contributed by atoms with Gasteiger partial charge in [-0.05, 0) is 97.3 Å². The highest BCUT2D eigenvalue weighted by molar-refractivity contribution is 9.10. The molecule has 5 rings (SSSR count). The molecule has 1 amide bonds. The predicted molar refractivity (Wildman–Crippen MR) is 158 cm³/mol. The van der Waals surface area contributed by atoms with Crippen LogP contribution in [0.5, 0.6) is 11.5 Å². The maximum absolute atomic E-state index is 13.3. The van der Waals surface area contributed by atoms with Crippen molar-refractivity contribution < 1.29 is 23.9 Å². The normalized spacial score (nSPS) is 17.6. The predicted octanol–water partition coefficient (Wildman–Crippen LogP) is 6.53. The molecular weight excluding hydrogens is 572 g/mol. The van der Waals surface area contributed by atoms with Gasteiger partial charge in [0.15, 0.2) is 29.7 Å². The van der Waals surface area contributed by atoms with Gasteiger partial charge >= 0.3 is 0 Å². The third kappa shape index (κ3) is 5.33. The fourth-order valence-electron chi connectivity index (χ4n) is 6.04. The van der Waals surface area contributed by atoms with Crippen LogP contribution in [-0.2, 0) is 14.4 Å². The molecule has 0 atom stereocenters. The molecule has 0 fully saturated rings. The molecule has 210 valence electrons. The molecular formula is C32H35BrN2O5. The molecule has 0 bridgehead atoms. The summed E-state index contributed by atoms with van der Waals surface area (Å²) in [6, 6.07) is 9.65. The first-order valence-corrected chi connectivity index (χ1v) is 14.7. The number of hydrogen-bond acceptors (Lipinski definition) is 6. The van der Waals surface area contributed by atoms with Crippen molar-refractivity contribution in [3.63, 3.8) is 0 Å².